The van der Waals surface area contributed by atoms with Crippen LogP contribution in [0, 0.1) is 0 Å². The van der Waals surface area contributed by atoms with Crippen LogP contribution in [0.4, 0.5) is 0 Å². The summed E-state index contributed by atoms with van der Waals surface area (Å²) in [6.45, 7) is 3.01. The van der Waals surface area contributed by atoms with E-state index >= 15 is 0 Å². The number of fused-ring (bicyclic) bond motifs is 1. The monoisotopic (exact) mass is 301 g/mol. The lowest BCUT2D eigenvalue weighted by Gasteiger charge is -2.00. The summed E-state index contributed by atoms with van der Waals surface area (Å²) < 4.78 is 3.91. The zero-order chi connectivity index (χ0) is 14.4. The molecule has 3 aromatic rings. The first-order valence-corrected chi connectivity index (χ1v) is 7.72. The van der Waals surface area contributed by atoms with Crippen molar-refractivity contribution in [3.8, 4) is 11.5 Å². The Morgan fingerprint density at radius 1 is 1.24 bits per heavy atom. The van der Waals surface area contributed by atoms with Crippen molar-refractivity contribution in [2.24, 2.45) is 0 Å². The van der Waals surface area contributed by atoms with E-state index in [9.17, 15) is 0 Å². The number of hydrogen-bond donors (Lipinski definition) is 0. The highest BCUT2D eigenvalue weighted by molar-refractivity contribution is 6.30. The second-order valence-corrected chi connectivity index (χ2v) is 5.97. The van der Waals surface area contributed by atoms with Crippen LogP contribution in [0.25, 0.3) is 17.2 Å². The van der Waals surface area contributed by atoms with Gasteiger partial charge in [-0.2, -0.15) is 5.10 Å². The van der Waals surface area contributed by atoms with Crippen LogP contribution < -0.4 is 0 Å². The van der Waals surface area contributed by atoms with Crippen molar-refractivity contribution in [1.82, 2.24) is 24.1 Å². The van der Waals surface area contributed by atoms with Gasteiger partial charge < -0.3 is 4.40 Å². The van der Waals surface area contributed by atoms with Crippen LogP contribution in [0.2, 0.25) is 5.02 Å². The van der Waals surface area contributed by atoms with E-state index < -0.39 is 0 Å². The Hall–Kier alpha value is -1.88. The molecule has 0 amide bonds. The van der Waals surface area contributed by atoms with Crippen molar-refractivity contribution in [3.63, 3.8) is 0 Å². The van der Waals surface area contributed by atoms with E-state index in [1.165, 1.54) is 12.8 Å². The second-order valence-electron chi connectivity index (χ2n) is 5.53. The summed E-state index contributed by atoms with van der Waals surface area (Å²) in [6.07, 6.45) is 7.26. The quantitative estimate of drug-likeness (QED) is 0.740. The first kappa shape index (κ1) is 12.8. The van der Waals surface area contributed by atoms with Gasteiger partial charge in [-0.1, -0.05) is 18.5 Å². The molecule has 3 aromatic heterocycles. The average molecular weight is 302 g/mol. The highest BCUT2D eigenvalue weighted by atomic mass is 35.5. The van der Waals surface area contributed by atoms with Gasteiger partial charge in [0.05, 0.1) is 5.02 Å². The Balaban J connectivity index is 1.82. The molecule has 1 aliphatic carbocycles. The molecular weight excluding hydrogens is 286 g/mol. The van der Waals surface area contributed by atoms with Crippen LogP contribution in [-0.4, -0.2) is 24.1 Å². The molecule has 5 nitrogen and oxygen atoms in total. The topological polar surface area (TPSA) is 48.0 Å². The molecule has 1 fully saturated rings. The van der Waals surface area contributed by atoms with Crippen molar-refractivity contribution < 1.29 is 0 Å². The van der Waals surface area contributed by atoms with E-state index in [0.29, 0.717) is 10.9 Å². The van der Waals surface area contributed by atoms with Crippen LogP contribution in [0.5, 0.6) is 0 Å². The van der Waals surface area contributed by atoms with E-state index in [2.05, 4.69) is 17.0 Å². The Morgan fingerprint density at radius 2 is 2.10 bits per heavy atom. The van der Waals surface area contributed by atoms with Gasteiger partial charge in [0.1, 0.15) is 11.3 Å². The van der Waals surface area contributed by atoms with Gasteiger partial charge in [-0.15, -0.1) is 0 Å². The number of pyridine rings is 1. The molecule has 0 unspecified atom stereocenters. The molecule has 4 rings (SSSR count). The molecule has 1 aliphatic rings. The van der Waals surface area contributed by atoms with Gasteiger partial charge in [0.2, 0.25) is 0 Å². The normalized spacial score (nSPS) is 15.0. The minimum atomic E-state index is 0.549. The molecule has 108 valence electrons. The van der Waals surface area contributed by atoms with E-state index in [4.69, 9.17) is 16.6 Å². The summed E-state index contributed by atoms with van der Waals surface area (Å²) >= 11 is 6.03. The number of aryl methyl sites for hydroxylation is 1. The largest absolute Gasteiger partial charge is 0.305 e. The minimum Gasteiger partial charge on any atom is -0.305 e. The van der Waals surface area contributed by atoms with E-state index in [1.807, 2.05) is 33.6 Å². The van der Waals surface area contributed by atoms with E-state index in [1.54, 1.807) is 0 Å². The summed E-state index contributed by atoms with van der Waals surface area (Å²) in [7, 11) is 0. The van der Waals surface area contributed by atoms with Crippen LogP contribution >= 0.6 is 11.6 Å². The number of nitrogens with zero attached hydrogens (tertiary/aromatic N) is 5. The predicted octanol–water partition coefficient (Wildman–Crippen LogP) is 3.53. The third-order valence-electron chi connectivity index (χ3n) is 3.71. The third kappa shape index (κ3) is 2.31. The molecule has 0 N–H and O–H groups in total. The molecule has 0 radical (unpaired) electrons. The molecule has 0 aliphatic heterocycles. The van der Waals surface area contributed by atoms with Gasteiger partial charge in [-0.3, -0.25) is 0 Å². The van der Waals surface area contributed by atoms with Crippen molar-refractivity contribution in [2.45, 2.75) is 38.6 Å². The fraction of sp³-hybridized carbons (Fsp3) is 0.400. The number of hydrogen-bond acceptors (Lipinski definition) is 3. The van der Waals surface area contributed by atoms with Gasteiger partial charge in [-0.05, 0) is 31.4 Å². The zero-order valence-electron chi connectivity index (χ0n) is 11.8. The van der Waals surface area contributed by atoms with Crippen molar-refractivity contribution >= 4 is 17.2 Å². The standard InChI is InChI=1S/C15H16ClN5/c1-2-7-21-15(18-14(19-21)10-3-4-10)12-9-20-8-11(16)5-6-13(20)17-12/h5-6,8-10H,2-4,7H2,1H3. The van der Waals surface area contributed by atoms with E-state index in [-0.39, 0.29) is 0 Å². The molecule has 0 atom stereocenters. The second kappa shape index (κ2) is 4.84. The highest BCUT2D eigenvalue weighted by Gasteiger charge is 2.29. The van der Waals surface area contributed by atoms with Gasteiger partial charge >= 0.3 is 0 Å². The molecule has 0 spiro atoms. The van der Waals surface area contributed by atoms with Gasteiger partial charge in [0.25, 0.3) is 0 Å². The number of imidazole rings is 1. The first-order chi connectivity index (χ1) is 10.2. The maximum atomic E-state index is 6.03. The van der Waals surface area contributed by atoms with Gasteiger partial charge in [0.15, 0.2) is 11.6 Å². The van der Waals surface area contributed by atoms with Crippen LogP contribution in [0.3, 0.4) is 0 Å². The lowest BCUT2D eigenvalue weighted by molar-refractivity contribution is 0.599. The van der Waals surface area contributed by atoms with Crippen LogP contribution in [0.15, 0.2) is 24.5 Å². The fourth-order valence-electron chi connectivity index (χ4n) is 2.50. The molecule has 21 heavy (non-hydrogen) atoms. The summed E-state index contributed by atoms with van der Waals surface area (Å²) in [5, 5.41) is 5.35. The summed E-state index contributed by atoms with van der Waals surface area (Å²) in [5.74, 6) is 2.38. The Bertz CT molecular complexity index is 800. The Labute approximate surface area is 127 Å². The minimum absolute atomic E-state index is 0.549. The number of halogens is 1. The summed E-state index contributed by atoms with van der Waals surface area (Å²) in [4.78, 5) is 9.36. The maximum Gasteiger partial charge on any atom is 0.178 e. The molecule has 1 saturated carbocycles. The fourth-order valence-corrected chi connectivity index (χ4v) is 2.67. The smallest absolute Gasteiger partial charge is 0.178 e. The SMILES string of the molecule is CCCn1nc(C2CC2)nc1-c1cn2cc(Cl)ccc2n1. The zero-order valence-corrected chi connectivity index (χ0v) is 12.6. The Kier molecular flexibility index (Phi) is 2.96. The lowest BCUT2D eigenvalue weighted by Crippen LogP contribution is -2.02. The molecule has 0 aromatic carbocycles. The summed E-state index contributed by atoms with van der Waals surface area (Å²) in [5.41, 5.74) is 1.72. The Morgan fingerprint density at radius 3 is 2.86 bits per heavy atom. The number of rotatable bonds is 4. The highest BCUT2D eigenvalue weighted by Crippen LogP contribution is 2.38. The van der Waals surface area contributed by atoms with Crippen LogP contribution in [0.1, 0.15) is 37.9 Å². The molecule has 3 heterocycles. The number of aromatic nitrogens is 5. The molecular formula is C15H16ClN5. The van der Waals surface area contributed by atoms with E-state index in [0.717, 1.165) is 36.0 Å². The predicted molar refractivity (Wildman–Crippen MR) is 81.5 cm³/mol. The maximum absolute atomic E-state index is 6.03. The molecule has 0 saturated heterocycles. The van der Waals surface area contributed by atoms with Crippen molar-refractivity contribution in [3.05, 3.63) is 35.4 Å². The average Bonchev–Trinajstić information content (AvgIpc) is 3.10. The lowest BCUT2D eigenvalue weighted by atomic mass is 10.4. The van der Waals surface area contributed by atoms with Gasteiger partial charge in [0, 0.05) is 24.9 Å². The molecule has 0 bridgehead atoms. The third-order valence-corrected chi connectivity index (χ3v) is 3.93. The molecule has 6 heteroatoms. The van der Waals surface area contributed by atoms with Crippen molar-refractivity contribution in [2.75, 3.05) is 0 Å². The van der Waals surface area contributed by atoms with Crippen LogP contribution in [-0.2, 0) is 6.54 Å². The van der Waals surface area contributed by atoms with Gasteiger partial charge in [-0.25, -0.2) is 14.6 Å². The summed E-state index contributed by atoms with van der Waals surface area (Å²) in [6, 6.07) is 3.76. The van der Waals surface area contributed by atoms with Crippen molar-refractivity contribution in [1.29, 1.82) is 0 Å². The first-order valence-electron chi connectivity index (χ1n) is 7.34.